The standard InChI is InChI=1S/C16H19FN4O2/c1-10(2)15-18-14(16(23)20-8-7-11(22)9-20)19-21(15)13-6-4-3-5-12(13)17/h3-6,10-11,22H,7-9H2,1-2H3/t11-/m1/s1. The second-order valence-electron chi connectivity index (χ2n) is 6.01. The number of aliphatic hydroxyl groups excluding tert-OH is 1. The summed E-state index contributed by atoms with van der Waals surface area (Å²) in [7, 11) is 0. The van der Waals surface area contributed by atoms with Gasteiger partial charge in [0, 0.05) is 19.0 Å². The lowest BCUT2D eigenvalue weighted by molar-refractivity contribution is 0.0753. The van der Waals surface area contributed by atoms with Crippen molar-refractivity contribution in [3.63, 3.8) is 0 Å². The quantitative estimate of drug-likeness (QED) is 0.936. The molecule has 122 valence electrons. The van der Waals surface area contributed by atoms with Gasteiger partial charge in [-0.25, -0.2) is 14.1 Å². The molecule has 0 radical (unpaired) electrons. The fourth-order valence-corrected chi connectivity index (χ4v) is 2.66. The minimum atomic E-state index is -0.503. The Morgan fingerprint density at radius 2 is 2.13 bits per heavy atom. The molecular formula is C16H19FN4O2. The van der Waals surface area contributed by atoms with Crippen LogP contribution in [0.1, 0.15) is 42.6 Å². The first-order chi connectivity index (χ1) is 11.0. The Hall–Kier alpha value is -2.28. The molecule has 1 amide bonds. The normalized spacial score (nSPS) is 18.0. The Labute approximate surface area is 133 Å². The average molecular weight is 318 g/mol. The van der Waals surface area contributed by atoms with E-state index in [-0.39, 0.29) is 29.9 Å². The largest absolute Gasteiger partial charge is 0.391 e. The Balaban J connectivity index is 1.99. The molecule has 1 aliphatic rings. The van der Waals surface area contributed by atoms with Gasteiger partial charge in [-0.2, -0.15) is 0 Å². The van der Waals surface area contributed by atoms with Crippen LogP contribution in [0.3, 0.4) is 0 Å². The second-order valence-corrected chi connectivity index (χ2v) is 6.01. The van der Waals surface area contributed by atoms with Gasteiger partial charge in [0.05, 0.1) is 6.10 Å². The van der Waals surface area contributed by atoms with Crippen molar-refractivity contribution in [2.24, 2.45) is 0 Å². The van der Waals surface area contributed by atoms with Gasteiger partial charge in [0.2, 0.25) is 5.82 Å². The molecule has 1 saturated heterocycles. The number of likely N-dealkylation sites (tertiary alicyclic amines) is 1. The molecule has 0 aliphatic carbocycles. The summed E-state index contributed by atoms with van der Waals surface area (Å²) in [6.07, 6.45) is 0.0498. The number of benzene rings is 1. The van der Waals surface area contributed by atoms with Gasteiger partial charge in [-0.15, -0.1) is 5.10 Å². The first-order valence-electron chi connectivity index (χ1n) is 7.66. The van der Waals surface area contributed by atoms with Crippen LogP contribution < -0.4 is 0 Å². The number of carbonyl (C=O) groups is 1. The van der Waals surface area contributed by atoms with E-state index in [9.17, 15) is 14.3 Å². The number of halogens is 1. The summed E-state index contributed by atoms with van der Waals surface area (Å²) in [5, 5.41) is 13.8. The fraction of sp³-hybridized carbons (Fsp3) is 0.438. The lowest BCUT2D eigenvalue weighted by atomic mass is 10.2. The Morgan fingerprint density at radius 3 is 2.74 bits per heavy atom. The van der Waals surface area contributed by atoms with Gasteiger partial charge in [-0.1, -0.05) is 26.0 Å². The smallest absolute Gasteiger partial charge is 0.293 e. The number of nitrogens with zero attached hydrogens (tertiary/aromatic N) is 4. The third-order valence-electron chi connectivity index (χ3n) is 3.87. The van der Waals surface area contributed by atoms with Crippen LogP contribution in [0.4, 0.5) is 4.39 Å². The molecule has 6 nitrogen and oxygen atoms in total. The minimum Gasteiger partial charge on any atom is -0.391 e. The van der Waals surface area contributed by atoms with E-state index in [0.29, 0.717) is 18.8 Å². The highest BCUT2D eigenvalue weighted by Gasteiger charge is 2.29. The first kappa shape index (κ1) is 15.6. The van der Waals surface area contributed by atoms with Crippen LogP contribution in [0.5, 0.6) is 0 Å². The van der Waals surface area contributed by atoms with Crippen molar-refractivity contribution in [3.05, 3.63) is 41.7 Å². The number of carbonyl (C=O) groups excluding carboxylic acids is 1. The molecule has 0 saturated carbocycles. The molecule has 3 rings (SSSR count). The molecule has 23 heavy (non-hydrogen) atoms. The van der Waals surface area contributed by atoms with Crippen LogP contribution in [0.2, 0.25) is 0 Å². The van der Waals surface area contributed by atoms with Crippen LogP contribution >= 0.6 is 0 Å². The van der Waals surface area contributed by atoms with Crippen molar-refractivity contribution in [2.45, 2.75) is 32.3 Å². The molecule has 1 atom stereocenters. The third-order valence-corrected chi connectivity index (χ3v) is 3.87. The average Bonchev–Trinajstić information content (AvgIpc) is 3.13. The van der Waals surface area contributed by atoms with Gasteiger partial charge in [0.1, 0.15) is 17.3 Å². The van der Waals surface area contributed by atoms with Crippen molar-refractivity contribution in [1.82, 2.24) is 19.7 Å². The zero-order chi connectivity index (χ0) is 16.6. The summed E-state index contributed by atoms with van der Waals surface area (Å²) in [5.41, 5.74) is 0.268. The molecule has 1 fully saturated rings. The third kappa shape index (κ3) is 2.96. The predicted molar refractivity (Wildman–Crippen MR) is 81.9 cm³/mol. The zero-order valence-electron chi connectivity index (χ0n) is 13.1. The topological polar surface area (TPSA) is 71.2 Å². The summed E-state index contributed by atoms with van der Waals surface area (Å²) in [4.78, 5) is 18.3. The molecular weight excluding hydrogens is 299 g/mol. The van der Waals surface area contributed by atoms with Crippen molar-refractivity contribution in [2.75, 3.05) is 13.1 Å². The molecule has 0 bridgehead atoms. The van der Waals surface area contributed by atoms with Crippen LogP contribution in [-0.2, 0) is 0 Å². The van der Waals surface area contributed by atoms with Gasteiger partial charge in [0.25, 0.3) is 5.91 Å². The van der Waals surface area contributed by atoms with Crippen molar-refractivity contribution >= 4 is 5.91 Å². The van der Waals surface area contributed by atoms with Crippen molar-refractivity contribution in [1.29, 1.82) is 0 Å². The van der Waals surface area contributed by atoms with E-state index in [2.05, 4.69) is 10.1 Å². The number of hydrogen-bond acceptors (Lipinski definition) is 4. The molecule has 2 heterocycles. The maximum absolute atomic E-state index is 14.1. The number of amides is 1. The molecule has 2 aromatic rings. The van der Waals surface area contributed by atoms with Gasteiger partial charge in [-0.3, -0.25) is 4.79 Å². The number of rotatable bonds is 3. The summed E-state index contributed by atoms with van der Waals surface area (Å²) in [5.74, 6) is -0.217. The number of β-amino-alcohol motifs (C(OH)–C–C–N with tert-alkyl or cyclic N) is 1. The minimum absolute atomic E-state index is 0.0205. The molecule has 1 aromatic carbocycles. The number of para-hydroxylation sites is 1. The van der Waals surface area contributed by atoms with Gasteiger partial charge < -0.3 is 10.0 Å². The van der Waals surface area contributed by atoms with E-state index < -0.39 is 11.9 Å². The van der Waals surface area contributed by atoms with E-state index in [0.717, 1.165) is 0 Å². The second kappa shape index (κ2) is 6.08. The predicted octanol–water partition coefficient (Wildman–Crippen LogP) is 1.74. The SMILES string of the molecule is CC(C)c1nc(C(=O)N2CC[C@@H](O)C2)nn1-c1ccccc1F. The number of hydrogen-bond donors (Lipinski definition) is 1. The van der Waals surface area contributed by atoms with Crippen LogP contribution in [0.25, 0.3) is 5.69 Å². The maximum Gasteiger partial charge on any atom is 0.293 e. The fourth-order valence-electron chi connectivity index (χ4n) is 2.66. The van der Waals surface area contributed by atoms with E-state index in [4.69, 9.17) is 0 Å². The first-order valence-corrected chi connectivity index (χ1v) is 7.66. The summed E-state index contributed by atoms with van der Waals surface area (Å²) >= 11 is 0. The lowest BCUT2D eigenvalue weighted by Crippen LogP contribution is -2.30. The molecule has 0 unspecified atom stereocenters. The Bertz CT molecular complexity index is 729. The number of aromatic nitrogens is 3. The van der Waals surface area contributed by atoms with Crippen molar-refractivity contribution < 1.29 is 14.3 Å². The molecule has 0 spiro atoms. The van der Waals surface area contributed by atoms with E-state index in [1.165, 1.54) is 15.6 Å². The monoisotopic (exact) mass is 318 g/mol. The Morgan fingerprint density at radius 1 is 1.39 bits per heavy atom. The highest BCUT2D eigenvalue weighted by atomic mass is 19.1. The van der Waals surface area contributed by atoms with E-state index >= 15 is 0 Å². The zero-order valence-corrected chi connectivity index (χ0v) is 13.1. The van der Waals surface area contributed by atoms with Gasteiger partial charge in [-0.05, 0) is 18.6 Å². The number of aliphatic hydroxyl groups is 1. The highest BCUT2D eigenvalue weighted by Crippen LogP contribution is 2.21. The highest BCUT2D eigenvalue weighted by molar-refractivity contribution is 5.90. The molecule has 1 aromatic heterocycles. The van der Waals surface area contributed by atoms with Gasteiger partial charge in [0.15, 0.2) is 0 Å². The van der Waals surface area contributed by atoms with Gasteiger partial charge >= 0.3 is 0 Å². The van der Waals surface area contributed by atoms with Crippen molar-refractivity contribution in [3.8, 4) is 5.69 Å². The van der Waals surface area contributed by atoms with Crippen LogP contribution in [0, 0.1) is 5.82 Å². The maximum atomic E-state index is 14.1. The van der Waals surface area contributed by atoms with E-state index in [1.54, 1.807) is 18.2 Å². The summed E-state index contributed by atoms with van der Waals surface area (Å²) in [6, 6.07) is 6.26. The summed E-state index contributed by atoms with van der Waals surface area (Å²) < 4.78 is 15.5. The molecule has 7 heteroatoms. The summed E-state index contributed by atoms with van der Waals surface area (Å²) in [6.45, 7) is 4.58. The molecule has 1 N–H and O–H groups in total. The molecule has 1 aliphatic heterocycles. The van der Waals surface area contributed by atoms with Crippen LogP contribution in [-0.4, -0.2) is 49.9 Å². The van der Waals surface area contributed by atoms with E-state index in [1.807, 2.05) is 13.8 Å². The Kier molecular flexibility index (Phi) is 4.12. The lowest BCUT2D eigenvalue weighted by Gasteiger charge is -2.12. The van der Waals surface area contributed by atoms with Crippen LogP contribution in [0.15, 0.2) is 24.3 Å².